The molecule has 0 radical (unpaired) electrons. The summed E-state index contributed by atoms with van der Waals surface area (Å²) >= 11 is 0. The predicted molar refractivity (Wildman–Crippen MR) is 95.4 cm³/mol. The number of benzene rings is 2. The van der Waals surface area contributed by atoms with Crippen molar-refractivity contribution in [1.82, 2.24) is 4.98 Å². The van der Waals surface area contributed by atoms with Crippen molar-refractivity contribution in [3.63, 3.8) is 0 Å². The molecule has 0 aliphatic carbocycles. The second-order valence-corrected chi connectivity index (χ2v) is 5.35. The van der Waals surface area contributed by atoms with E-state index in [1.807, 2.05) is 6.92 Å². The maximum Gasteiger partial charge on any atom is 0.296 e. The number of fused-ring (bicyclic) bond motifs is 1. The smallest absolute Gasteiger partial charge is 0.296 e. The number of hydrogen-bond acceptors (Lipinski definition) is 4. The first-order valence-electron chi connectivity index (χ1n) is 7.86. The van der Waals surface area contributed by atoms with Crippen LogP contribution in [0.2, 0.25) is 0 Å². The van der Waals surface area contributed by atoms with Crippen molar-refractivity contribution in [3.05, 3.63) is 54.2 Å². The van der Waals surface area contributed by atoms with Gasteiger partial charge in [-0.05, 0) is 49.4 Å². The number of ether oxygens (including phenoxy) is 2. The third-order valence-corrected chi connectivity index (χ3v) is 3.76. The first kappa shape index (κ1) is 16.6. The lowest BCUT2D eigenvalue weighted by Gasteiger charge is -2.06. The van der Waals surface area contributed by atoms with Crippen LogP contribution in [0.1, 0.15) is 17.3 Å². The number of carbonyl (C=O) groups excluding carboxylic acids is 2. The number of Topliss-reactive ketones (excluding diaryl/α,β-unsaturated/α-hetero) is 1. The van der Waals surface area contributed by atoms with Gasteiger partial charge in [-0.2, -0.15) is 0 Å². The summed E-state index contributed by atoms with van der Waals surface area (Å²) in [5.41, 5.74) is 1.59. The van der Waals surface area contributed by atoms with Gasteiger partial charge in [-0.25, -0.2) is 0 Å². The van der Waals surface area contributed by atoms with Crippen LogP contribution in [0.15, 0.2) is 48.7 Å². The molecule has 0 unspecified atom stereocenters. The lowest BCUT2D eigenvalue weighted by atomic mass is 10.1. The van der Waals surface area contributed by atoms with Crippen molar-refractivity contribution >= 4 is 28.3 Å². The summed E-state index contributed by atoms with van der Waals surface area (Å²) < 4.78 is 10.5. The van der Waals surface area contributed by atoms with Gasteiger partial charge in [-0.3, -0.25) is 9.59 Å². The highest BCUT2D eigenvalue weighted by Gasteiger charge is 2.20. The van der Waals surface area contributed by atoms with Crippen LogP contribution in [0.5, 0.6) is 11.5 Å². The van der Waals surface area contributed by atoms with E-state index < -0.39 is 11.7 Å². The fraction of sp³-hybridized carbons (Fsp3) is 0.158. The first-order chi connectivity index (χ1) is 12.1. The fourth-order valence-electron chi connectivity index (χ4n) is 2.53. The van der Waals surface area contributed by atoms with Gasteiger partial charge in [-0.15, -0.1) is 0 Å². The fourth-order valence-corrected chi connectivity index (χ4v) is 2.53. The average Bonchev–Trinajstić information content (AvgIpc) is 3.05. The molecule has 0 fully saturated rings. The van der Waals surface area contributed by atoms with Crippen LogP contribution in [0.4, 0.5) is 5.69 Å². The lowest BCUT2D eigenvalue weighted by molar-refractivity contribution is -0.112. The molecule has 0 bridgehead atoms. The lowest BCUT2D eigenvalue weighted by Crippen LogP contribution is -2.22. The minimum Gasteiger partial charge on any atom is -0.497 e. The molecule has 128 valence electrons. The van der Waals surface area contributed by atoms with Crippen LogP contribution in [-0.4, -0.2) is 30.4 Å². The summed E-state index contributed by atoms with van der Waals surface area (Å²) in [5, 5.41) is 3.25. The van der Waals surface area contributed by atoms with Crippen LogP contribution in [0.25, 0.3) is 10.9 Å². The molecule has 3 rings (SSSR count). The zero-order valence-corrected chi connectivity index (χ0v) is 14.0. The van der Waals surface area contributed by atoms with Gasteiger partial charge in [-0.1, -0.05) is 0 Å². The number of hydrogen-bond donors (Lipinski definition) is 2. The number of rotatable bonds is 6. The van der Waals surface area contributed by atoms with Crippen molar-refractivity contribution in [2.75, 3.05) is 19.0 Å². The van der Waals surface area contributed by atoms with Crippen LogP contribution in [0.3, 0.4) is 0 Å². The summed E-state index contributed by atoms with van der Waals surface area (Å²) in [5.74, 6) is 0.00453. The number of amides is 1. The van der Waals surface area contributed by atoms with Gasteiger partial charge in [0, 0.05) is 22.8 Å². The van der Waals surface area contributed by atoms with Crippen molar-refractivity contribution < 1.29 is 19.1 Å². The second kappa shape index (κ2) is 7.09. The zero-order chi connectivity index (χ0) is 17.8. The Balaban J connectivity index is 1.79. The quantitative estimate of drug-likeness (QED) is 0.533. The van der Waals surface area contributed by atoms with Gasteiger partial charge < -0.3 is 19.8 Å². The molecular formula is C19H18N2O4. The molecule has 0 saturated heterocycles. The highest BCUT2D eigenvalue weighted by Crippen LogP contribution is 2.24. The van der Waals surface area contributed by atoms with E-state index in [2.05, 4.69) is 10.3 Å². The van der Waals surface area contributed by atoms with Gasteiger partial charge in [0.2, 0.25) is 0 Å². The predicted octanol–water partition coefficient (Wildman–Crippen LogP) is 3.40. The van der Waals surface area contributed by atoms with E-state index in [9.17, 15) is 9.59 Å². The Hall–Kier alpha value is -3.28. The summed E-state index contributed by atoms with van der Waals surface area (Å²) in [7, 11) is 1.55. The van der Waals surface area contributed by atoms with E-state index in [1.54, 1.807) is 49.6 Å². The van der Waals surface area contributed by atoms with Crippen molar-refractivity contribution in [3.8, 4) is 11.5 Å². The number of aromatic amines is 1. The molecule has 6 heteroatoms. The summed E-state index contributed by atoms with van der Waals surface area (Å²) in [6.45, 7) is 2.46. The standard InChI is InChI=1S/C19H18N2O4/c1-3-25-13-6-4-12(5-7-13)21-19(23)18(22)16-11-20-17-9-8-14(24-2)10-15(16)17/h4-11,20H,3H2,1-2H3,(H,21,23). The number of H-pyrrole nitrogens is 1. The van der Waals surface area contributed by atoms with Crippen LogP contribution < -0.4 is 14.8 Å². The molecule has 1 aromatic heterocycles. The number of aromatic nitrogens is 1. The number of methoxy groups -OCH3 is 1. The molecule has 0 aliphatic rings. The molecule has 0 aliphatic heterocycles. The SMILES string of the molecule is CCOc1ccc(NC(=O)C(=O)c2c[nH]c3ccc(OC)cc23)cc1. The molecular weight excluding hydrogens is 320 g/mol. The van der Waals surface area contributed by atoms with Crippen LogP contribution in [-0.2, 0) is 4.79 Å². The molecule has 1 heterocycles. The van der Waals surface area contributed by atoms with E-state index in [0.29, 0.717) is 34.7 Å². The largest absolute Gasteiger partial charge is 0.497 e. The second-order valence-electron chi connectivity index (χ2n) is 5.35. The molecule has 3 aromatic rings. The normalized spacial score (nSPS) is 10.5. The Bertz CT molecular complexity index is 913. The number of carbonyl (C=O) groups is 2. The topological polar surface area (TPSA) is 80.4 Å². The van der Waals surface area contributed by atoms with E-state index in [4.69, 9.17) is 9.47 Å². The first-order valence-corrected chi connectivity index (χ1v) is 7.86. The molecule has 1 amide bonds. The maximum atomic E-state index is 12.5. The van der Waals surface area contributed by atoms with E-state index >= 15 is 0 Å². The van der Waals surface area contributed by atoms with Crippen LogP contribution >= 0.6 is 0 Å². The molecule has 0 atom stereocenters. The van der Waals surface area contributed by atoms with E-state index in [0.717, 1.165) is 5.52 Å². The Morgan fingerprint density at radius 3 is 2.48 bits per heavy atom. The van der Waals surface area contributed by atoms with Gasteiger partial charge in [0.25, 0.3) is 11.7 Å². The molecule has 2 N–H and O–H groups in total. The molecule has 6 nitrogen and oxygen atoms in total. The minimum atomic E-state index is -0.701. The van der Waals surface area contributed by atoms with Gasteiger partial charge in [0.15, 0.2) is 0 Å². The summed E-state index contributed by atoms with van der Waals surface area (Å²) in [4.78, 5) is 27.8. The highest BCUT2D eigenvalue weighted by molar-refractivity contribution is 6.48. The minimum absolute atomic E-state index is 0.303. The van der Waals surface area contributed by atoms with Crippen molar-refractivity contribution in [2.24, 2.45) is 0 Å². The summed E-state index contributed by atoms with van der Waals surface area (Å²) in [6.07, 6.45) is 1.53. The maximum absolute atomic E-state index is 12.5. The van der Waals surface area contributed by atoms with Gasteiger partial charge in [0.05, 0.1) is 19.3 Å². The van der Waals surface area contributed by atoms with Gasteiger partial charge in [0.1, 0.15) is 11.5 Å². The number of anilines is 1. The van der Waals surface area contributed by atoms with Crippen LogP contribution in [0, 0.1) is 0 Å². The van der Waals surface area contributed by atoms with E-state index in [1.165, 1.54) is 6.20 Å². The highest BCUT2D eigenvalue weighted by atomic mass is 16.5. The average molecular weight is 338 g/mol. The van der Waals surface area contributed by atoms with E-state index in [-0.39, 0.29) is 0 Å². The molecule has 0 spiro atoms. The number of ketones is 1. The zero-order valence-electron chi connectivity index (χ0n) is 14.0. The third kappa shape index (κ3) is 3.47. The number of nitrogens with one attached hydrogen (secondary N) is 2. The summed E-state index contributed by atoms with van der Waals surface area (Å²) in [6, 6.07) is 12.2. The molecule has 0 saturated carbocycles. The van der Waals surface area contributed by atoms with Crippen molar-refractivity contribution in [1.29, 1.82) is 0 Å². The van der Waals surface area contributed by atoms with Crippen molar-refractivity contribution in [2.45, 2.75) is 6.92 Å². The Kier molecular flexibility index (Phi) is 4.70. The monoisotopic (exact) mass is 338 g/mol. The Morgan fingerprint density at radius 2 is 1.80 bits per heavy atom. The van der Waals surface area contributed by atoms with Gasteiger partial charge >= 0.3 is 0 Å². The molecule has 2 aromatic carbocycles. The molecule has 25 heavy (non-hydrogen) atoms. The Labute approximate surface area is 144 Å². The Morgan fingerprint density at radius 1 is 1.08 bits per heavy atom. The third-order valence-electron chi connectivity index (χ3n) is 3.76.